The predicted molar refractivity (Wildman–Crippen MR) is 51.2 cm³/mol. The first-order valence-electron chi connectivity index (χ1n) is 4.23. The molecule has 0 aromatic rings. The van der Waals surface area contributed by atoms with Crippen LogP contribution in [0.4, 0.5) is 0 Å². The minimum Gasteiger partial charge on any atom is -0.402 e. The largest absolute Gasteiger partial charge is 0.402 e. The van der Waals surface area contributed by atoms with Crippen LogP contribution in [0.25, 0.3) is 0 Å². The summed E-state index contributed by atoms with van der Waals surface area (Å²) in [5, 5.41) is 8.52. The van der Waals surface area contributed by atoms with Gasteiger partial charge in [-0.05, 0) is 25.3 Å². The van der Waals surface area contributed by atoms with Gasteiger partial charge in [0.05, 0.1) is 0 Å². The van der Waals surface area contributed by atoms with Crippen LogP contribution in [0.3, 0.4) is 0 Å². The fraction of sp³-hybridized carbons (Fsp3) is 0.556. The molecule has 3 nitrogen and oxygen atoms in total. The van der Waals surface area contributed by atoms with Crippen LogP contribution >= 0.6 is 0 Å². The lowest BCUT2D eigenvalue weighted by Gasteiger charge is -1.99. The van der Waals surface area contributed by atoms with E-state index in [1.54, 1.807) is 6.08 Å². The number of allylic oxidation sites excluding steroid dienone is 3. The van der Waals surface area contributed by atoms with Gasteiger partial charge in [-0.15, -0.1) is 0 Å². The summed E-state index contributed by atoms with van der Waals surface area (Å²) in [6, 6.07) is 0. The van der Waals surface area contributed by atoms with Gasteiger partial charge in [0, 0.05) is 18.0 Å². The third kappa shape index (κ3) is 5.80. The highest BCUT2D eigenvalue weighted by atomic mass is 16.2. The van der Waals surface area contributed by atoms with Gasteiger partial charge in [-0.1, -0.05) is 13.0 Å². The summed E-state index contributed by atoms with van der Waals surface area (Å²) in [4.78, 5) is 0. The van der Waals surface area contributed by atoms with Gasteiger partial charge >= 0.3 is 0 Å². The van der Waals surface area contributed by atoms with Gasteiger partial charge in [-0.2, -0.15) is 0 Å². The second-order valence-electron chi connectivity index (χ2n) is 2.66. The van der Waals surface area contributed by atoms with Crippen molar-refractivity contribution in [2.45, 2.75) is 26.2 Å². The van der Waals surface area contributed by atoms with Crippen molar-refractivity contribution in [3.05, 3.63) is 23.5 Å². The van der Waals surface area contributed by atoms with Crippen molar-refractivity contribution >= 4 is 0 Å². The Morgan fingerprint density at radius 3 is 2.58 bits per heavy atom. The zero-order valence-corrected chi connectivity index (χ0v) is 7.59. The average molecular weight is 170 g/mol. The monoisotopic (exact) mass is 170 g/mol. The molecule has 0 rings (SSSR count). The van der Waals surface area contributed by atoms with E-state index in [2.05, 4.69) is 0 Å². The Morgan fingerprint density at radius 1 is 1.42 bits per heavy atom. The summed E-state index contributed by atoms with van der Waals surface area (Å²) in [5.74, 6) is 0. The normalized spacial score (nSPS) is 13.5. The second-order valence-corrected chi connectivity index (χ2v) is 2.66. The van der Waals surface area contributed by atoms with Gasteiger partial charge < -0.3 is 16.6 Å². The predicted octanol–water partition coefficient (Wildman–Crippen LogP) is 0.854. The fourth-order valence-corrected chi connectivity index (χ4v) is 0.864. The molecular weight excluding hydrogens is 152 g/mol. The molecule has 0 saturated carbocycles. The molecule has 0 heterocycles. The lowest BCUT2D eigenvalue weighted by atomic mass is 10.2. The second kappa shape index (κ2) is 6.73. The van der Waals surface area contributed by atoms with Crippen molar-refractivity contribution in [1.29, 1.82) is 0 Å². The molecule has 3 heteroatoms. The number of aliphatic hydroxyl groups excluding tert-OH is 1. The Bertz CT molecular complexity index is 173. The van der Waals surface area contributed by atoms with Crippen molar-refractivity contribution in [2.24, 2.45) is 11.5 Å². The van der Waals surface area contributed by atoms with Crippen molar-refractivity contribution in [3.8, 4) is 0 Å². The fourth-order valence-electron chi connectivity index (χ4n) is 0.864. The van der Waals surface area contributed by atoms with E-state index >= 15 is 0 Å². The maximum atomic E-state index is 8.52. The summed E-state index contributed by atoms with van der Waals surface area (Å²) < 4.78 is 0. The molecule has 0 saturated heterocycles. The quantitative estimate of drug-likeness (QED) is 0.536. The molecule has 0 aromatic carbocycles. The summed E-state index contributed by atoms with van der Waals surface area (Å²) >= 11 is 0. The highest BCUT2D eigenvalue weighted by Crippen LogP contribution is 2.00. The molecule has 0 aromatic heterocycles. The van der Waals surface area contributed by atoms with Gasteiger partial charge in [-0.25, -0.2) is 0 Å². The zero-order valence-electron chi connectivity index (χ0n) is 7.59. The Hall–Kier alpha value is -0.960. The maximum Gasteiger partial charge on any atom is 0.0434 e. The van der Waals surface area contributed by atoms with E-state index in [1.807, 2.05) is 13.0 Å². The third-order valence-corrected chi connectivity index (χ3v) is 1.42. The molecule has 0 amide bonds. The first kappa shape index (κ1) is 11.0. The van der Waals surface area contributed by atoms with Crippen LogP contribution in [-0.2, 0) is 0 Å². The van der Waals surface area contributed by atoms with Gasteiger partial charge in [0.2, 0.25) is 0 Å². The number of rotatable bonds is 5. The molecule has 0 radical (unpaired) electrons. The Balaban J connectivity index is 3.88. The number of hydrogen-bond donors (Lipinski definition) is 3. The molecule has 0 unspecified atom stereocenters. The molecule has 5 N–H and O–H groups in total. The zero-order chi connectivity index (χ0) is 9.40. The van der Waals surface area contributed by atoms with E-state index in [1.165, 1.54) is 0 Å². The van der Waals surface area contributed by atoms with Gasteiger partial charge in [-0.3, -0.25) is 0 Å². The van der Waals surface area contributed by atoms with Crippen molar-refractivity contribution in [2.75, 3.05) is 6.61 Å². The van der Waals surface area contributed by atoms with Crippen molar-refractivity contribution < 1.29 is 5.11 Å². The third-order valence-electron chi connectivity index (χ3n) is 1.42. The Labute approximate surface area is 73.8 Å². The van der Waals surface area contributed by atoms with Gasteiger partial charge in [0.15, 0.2) is 0 Å². The molecule has 0 aliphatic carbocycles. The summed E-state index contributed by atoms with van der Waals surface area (Å²) in [6.07, 6.45) is 5.97. The van der Waals surface area contributed by atoms with Crippen LogP contribution in [-0.4, -0.2) is 11.7 Å². The topological polar surface area (TPSA) is 72.3 Å². The van der Waals surface area contributed by atoms with E-state index < -0.39 is 0 Å². The first-order valence-corrected chi connectivity index (χ1v) is 4.23. The van der Waals surface area contributed by atoms with E-state index in [0.717, 1.165) is 12.1 Å². The Kier molecular flexibility index (Phi) is 6.19. The molecule has 0 aliphatic heterocycles. The molecule has 12 heavy (non-hydrogen) atoms. The van der Waals surface area contributed by atoms with E-state index in [0.29, 0.717) is 18.5 Å². The molecule has 0 fully saturated rings. The Morgan fingerprint density at radius 2 is 2.08 bits per heavy atom. The van der Waals surface area contributed by atoms with E-state index in [9.17, 15) is 0 Å². The van der Waals surface area contributed by atoms with Crippen LogP contribution in [0, 0.1) is 0 Å². The smallest absolute Gasteiger partial charge is 0.0434 e. The standard InChI is InChI=1S/C9H18N2O/c1-2-4-8(10)7-9(11)5-3-6-12/h4,7,12H,2-3,5-6,10-11H2,1H3/b8-4+,9-7+. The first-order chi connectivity index (χ1) is 5.70. The summed E-state index contributed by atoms with van der Waals surface area (Å²) in [7, 11) is 0. The molecule has 0 spiro atoms. The van der Waals surface area contributed by atoms with Crippen molar-refractivity contribution in [1.82, 2.24) is 0 Å². The molecule has 0 atom stereocenters. The van der Waals surface area contributed by atoms with Crippen LogP contribution in [0.5, 0.6) is 0 Å². The molecular formula is C9H18N2O. The summed E-state index contributed by atoms with van der Waals surface area (Å²) in [5.41, 5.74) is 12.6. The van der Waals surface area contributed by atoms with Crippen molar-refractivity contribution in [3.63, 3.8) is 0 Å². The molecule has 70 valence electrons. The minimum absolute atomic E-state index is 0.173. The summed E-state index contributed by atoms with van der Waals surface area (Å²) in [6.45, 7) is 2.19. The van der Waals surface area contributed by atoms with Gasteiger partial charge in [0.25, 0.3) is 0 Å². The molecule has 0 aliphatic rings. The highest BCUT2D eigenvalue weighted by Gasteiger charge is 1.90. The van der Waals surface area contributed by atoms with E-state index in [4.69, 9.17) is 16.6 Å². The van der Waals surface area contributed by atoms with Crippen LogP contribution in [0.2, 0.25) is 0 Å². The molecule has 0 bridgehead atoms. The van der Waals surface area contributed by atoms with Gasteiger partial charge in [0.1, 0.15) is 0 Å². The lowest BCUT2D eigenvalue weighted by molar-refractivity contribution is 0.288. The van der Waals surface area contributed by atoms with E-state index in [-0.39, 0.29) is 6.61 Å². The minimum atomic E-state index is 0.173. The highest BCUT2D eigenvalue weighted by molar-refractivity contribution is 5.18. The lowest BCUT2D eigenvalue weighted by Crippen LogP contribution is -2.02. The number of nitrogens with two attached hydrogens (primary N) is 2. The number of aliphatic hydroxyl groups is 1. The maximum absolute atomic E-state index is 8.52. The average Bonchev–Trinajstić information content (AvgIpc) is 2.01. The van der Waals surface area contributed by atoms with Crippen LogP contribution in [0.1, 0.15) is 26.2 Å². The number of hydrogen-bond acceptors (Lipinski definition) is 3. The van der Waals surface area contributed by atoms with Crippen LogP contribution in [0.15, 0.2) is 23.5 Å². The van der Waals surface area contributed by atoms with Crippen LogP contribution < -0.4 is 11.5 Å². The SMILES string of the molecule is CC/C=C(N)\C=C(\N)CCCO.